The second kappa shape index (κ2) is 9.02. The number of rotatable bonds is 7. The molecule has 2 saturated heterocycles. The van der Waals surface area contributed by atoms with E-state index in [1.54, 1.807) is 0 Å². The number of hydrogen-bond acceptors (Lipinski definition) is 7. The van der Waals surface area contributed by atoms with Crippen molar-refractivity contribution >= 4 is 37.4 Å². The number of aromatic nitrogens is 2. The predicted molar refractivity (Wildman–Crippen MR) is 134 cm³/mol. The first-order chi connectivity index (χ1) is 16.5. The topological polar surface area (TPSA) is 92.4 Å². The van der Waals surface area contributed by atoms with Gasteiger partial charge in [-0.25, -0.2) is 32.3 Å². The molecule has 1 unspecified atom stereocenters. The van der Waals surface area contributed by atoms with E-state index in [1.165, 1.54) is 17.7 Å². The Morgan fingerprint density at radius 2 is 1.83 bits per heavy atom. The number of nitrogens with zero attached hydrogens (tertiary/aromatic N) is 4. The minimum atomic E-state index is -3.53. The molecule has 2 N–H and O–H groups in total. The van der Waals surface area contributed by atoms with Crippen LogP contribution in [0.5, 0.6) is 0 Å². The van der Waals surface area contributed by atoms with Crippen molar-refractivity contribution in [1.29, 1.82) is 0 Å². The summed E-state index contributed by atoms with van der Waals surface area (Å²) in [5, 5.41) is 6.00. The van der Waals surface area contributed by atoms with Gasteiger partial charge < -0.3 is 4.90 Å². The van der Waals surface area contributed by atoms with E-state index in [9.17, 15) is 17.2 Å². The Morgan fingerprint density at radius 3 is 2.54 bits per heavy atom. The van der Waals surface area contributed by atoms with Crippen molar-refractivity contribution in [3.63, 3.8) is 0 Å². The first-order valence-electron chi connectivity index (χ1n) is 11.6. The molecule has 1 aromatic carbocycles. The third-order valence-corrected chi connectivity index (χ3v) is 8.68. The lowest BCUT2D eigenvalue weighted by Crippen LogP contribution is -2.31. The molecule has 1 spiro atoms. The summed E-state index contributed by atoms with van der Waals surface area (Å²) >= 11 is 1.32. The summed E-state index contributed by atoms with van der Waals surface area (Å²) in [5.74, 6) is -2.06. The van der Waals surface area contributed by atoms with Gasteiger partial charge in [-0.1, -0.05) is 24.3 Å². The number of anilines is 1. The van der Waals surface area contributed by atoms with Gasteiger partial charge >= 0.3 is 0 Å². The van der Waals surface area contributed by atoms with E-state index in [2.05, 4.69) is 19.8 Å². The molecule has 35 heavy (non-hydrogen) atoms. The summed E-state index contributed by atoms with van der Waals surface area (Å²) in [4.78, 5) is 15.0. The Labute approximate surface area is 208 Å². The lowest BCUT2D eigenvalue weighted by atomic mass is 9.86. The van der Waals surface area contributed by atoms with Gasteiger partial charge in [0.1, 0.15) is 17.0 Å². The van der Waals surface area contributed by atoms with E-state index in [1.807, 2.05) is 30.3 Å². The van der Waals surface area contributed by atoms with Crippen molar-refractivity contribution in [2.75, 3.05) is 31.1 Å². The first kappa shape index (κ1) is 24.5. The molecule has 5 rings (SSSR count). The summed E-state index contributed by atoms with van der Waals surface area (Å²) in [7, 11) is -3.53. The van der Waals surface area contributed by atoms with E-state index < -0.39 is 15.9 Å². The highest BCUT2D eigenvalue weighted by atomic mass is 32.2. The minimum absolute atomic E-state index is 0.154. The predicted octanol–water partition coefficient (Wildman–Crippen LogP) is 3.78. The fourth-order valence-corrected chi connectivity index (χ4v) is 7.15. The molecule has 1 atom stereocenters. The molecule has 3 aromatic rings. The maximum atomic E-state index is 13.5. The molecule has 2 aliphatic heterocycles. The Balaban J connectivity index is 1.25. The van der Waals surface area contributed by atoms with Gasteiger partial charge in [0.05, 0.1) is 11.1 Å². The third kappa shape index (κ3) is 5.79. The summed E-state index contributed by atoms with van der Waals surface area (Å²) in [5.41, 5.74) is 2.02. The van der Waals surface area contributed by atoms with Crippen LogP contribution in [0.1, 0.15) is 35.8 Å². The molecule has 0 saturated carbocycles. The van der Waals surface area contributed by atoms with Crippen LogP contribution >= 0.6 is 11.3 Å². The fraction of sp³-hybridized carbons (Fsp3) is 0.500. The molecule has 2 fully saturated rings. The number of hydrogen-bond donors (Lipinski definition) is 1. The van der Waals surface area contributed by atoms with Crippen LogP contribution in [0.3, 0.4) is 0 Å². The highest BCUT2D eigenvalue weighted by Crippen LogP contribution is 2.43. The van der Waals surface area contributed by atoms with E-state index in [0.717, 1.165) is 74.1 Å². The lowest BCUT2D eigenvalue weighted by molar-refractivity contribution is 0.0234. The molecular weight excluding hydrogens is 492 g/mol. The largest absolute Gasteiger partial charge is 0.355 e. The quantitative estimate of drug-likeness (QED) is 0.509. The molecule has 0 aliphatic carbocycles. The summed E-state index contributed by atoms with van der Waals surface area (Å²) in [6.45, 7) is 5.51. The Morgan fingerprint density at radius 1 is 1.11 bits per heavy atom. The van der Waals surface area contributed by atoms with Gasteiger partial charge in [0.25, 0.3) is 0 Å². The Bertz CT molecular complexity index is 1320. The van der Waals surface area contributed by atoms with Gasteiger partial charge in [-0.05, 0) is 43.5 Å². The van der Waals surface area contributed by atoms with Crippen LogP contribution in [0.15, 0.2) is 36.7 Å². The maximum Gasteiger partial charge on any atom is 0.250 e. The number of sulfonamides is 1. The van der Waals surface area contributed by atoms with Crippen molar-refractivity contribution < 1.29 is 17.2 Å². The van der Waals surface area contributed by atoms with E-state index in [4.69, 9.17) is 5.14 Å². The molecule has 11 heteroatoms. The molecule has 2 aliphatic rings. The second-order valence-electron chi connectivity index (χ2n) is 10.1. The number of alkyl halides is 2. The second-order valence-corrected chi connectivity index (χ2v) is 12.9. The van der Waals surface area contributed by atoms with Gasteiger partial charge in [-0.2, -0.15) is 0 Å². The average Bonchev–Trinajstić information content (AvgIpc) is 3.45. The standard InChI is InChI=1S/C24H29F2N5O2S2/c1-23(25,26)11-19-10-20-21(28-16-29-22(20)34-19)31-9-7-24(15-31)6-8-30(14-24)12-17-2-4-18(5-3-17)13-35(27,32)33/h2-5,10,16H,6-9,11-15H2,1H3,(H2,27,32,33). The summed E-state index contributed by atoms with van der Waals surface area (Å²) in [6, 6.07) is 9.42. The van der Waals surface area contributed by atoms with Gasteiger partial charge in [-0.15, -0.1) is 11.3 Å². The Kier molecular flexibility index (Phi) is 6.31. The molecule has 4 heterocycles. The van der Waals surface area contributed by atoms with Crippen molar-refractivity contribution in [3.05, 3.63) is 52.7 Å². The van der Waals surface area contributed by atoms with Crippen molar-refractivity contribution in [2.45, 2.75) is 44.4 Å². The smallest absolute Gasteiger partial charge is 0.250 e. The van der Waals surface area contributed by atoms with E-state index in [-0.39, 0.29) is 17.6 Å². The molecule has 2 aromatic heterocycles. The van der Waals surface area contributed by atoms with Crippen LogP contribution in [-0.2, 0) is 28.7 Å². The first-order valence-corrected chi connectivity index (χ1v) is 14.2. The SMILES string of the molecule is CC(F)(F)Cc1cc2c(N3CCC4(CCN(Cc5ccc(CS(N)(=O)=O)cc5)C4)C3)ncnc2s1. The molecule has 0 amide bonds. The molecule has 188 valence electrons. The number of benzene rings is 1. The van der Waals surface area contributed by atoms with E-state index in [0.29, 0.717) is 10.4 Å². The molecule has 7 nitrogen and oxygen atoms in total. The number of fused-ring (bicyclic) bond motifs is 1. The number of halogens is 2. The van der Waals surface area contributed by atoms with Crippen molar-refractivity contribution in [1.82, 2.24) is 14.9 Å². The number of likely N-dealkylation sites (tertiary alicyclic amines) is 1. The van der Waals surface area contributed by atoms with Gasteiger partial charge in [0.2, 0.25) is 15.9 Å². The molecule has 0 radical (unpaired) electrons. The van der Waals surface area contributed by atoms with Gasteiger partial charge in [0.15, 0.2) is 0 Å². The number of nitrogens with two attached hydrogens (primary N) is 1. The van der Waals surface area contributed by atoms with Crippen LogP contribution in [0, 0.1) is 5.41 Å². The van der Waals surface area contributed by atoms with Crippen LogP contribution in [0.4, 0.5) is 14.6 Å². The number of thiophene rings is 1. The van der Waals surface area contributed by atoms with Gasteiger partial charge in [-0.3, -0.25) is 4.90 Å². The molecular formula is C24H29F2N5O2S2. The highest BCUT2D eigenvalue weighted by Gasteiger charge is 2.44. The fourth-order valence-electron chi connectivity index (χ4n) is 5.38. The molecule has 0 bridgehead atoms. The average molecular weight is 522 g/mol. The zero-order chi connectivity index (χ0) is 24.8. The zero-order valence-electron chi connectivity index (χ0n) is 19.6. The monoisotopic (exact) mass is 521 g/mol. The lowest BCUT2D eigenvalue weighted by Gasteiger charge is -2.25. The van der Waals surface area contributed by atoms with E-state index >= 15 is 0 Å². The van der Waals surface area contributed by atoms with Crippen LogP contribution in [0.25, 0.3) is 10.2 Å². The minimum Gasteiger partial charge on any atom is -0.355 e. The Hall–Kier alpha value is -2.21. The van der Waals surface area contributed by atoms with Crippen LogP contribution in [0.2, 0.25) is 0 Å². The van der Waals surface area contributed by atoms with Crippen LogP contribution < -0.4 is 10.0 Å². The van der Waals surface area contributed by atoms with Crippen molar-refractivity contribution in [2.24, 2.45) is 10.6 Å². The van der Waals surface area contributed by atoms with Crippen LogP contribution in [-0.4, -0.2) is 55.4 Å². The number of primary sulfonamides is 1. The third-order valence-electron chi connectivity index (χ3n) is 6.90. The highest BCUT2D eigenvalue weighted by molar-refractivity contribution is 7.88. The summed E-state index contributed by atoms with van der Waals surface area (Å²) < 4.78 is 49.7. The summed E-state index contributed by atoms with van der Waals surface area (Å²) in [6.07, 6.45) is 3.41. The van der Waals surface area contributed by atoms with Gasteiger partial charge in [0, 0.05) is 42.9 Å². The van der Waals surface area contributed by atoms with Crippen molar-refractivity contribution in [3.8, 4) is 0 Å². The maximum absolute atomic E-state index is 13.5. The normalized spacial score (nSPS) is 21.5. The zero-order valence-corrected chi connectivity index (χ0v) is 21.2.